The van der Waals surface area contributed by atoms with E-state index in [9.17, 15) is 0 Å². The lowest BCUT2D eigenvalue weighted by Gasteiger charge is -2.13. The molecule has 0 fully saturated rings. The first kappa shape index (κ1) is 10.3. The predicted octanol–water partition coefficient (Wildman–Crippen LogP) is 2.71. The lowest BCUT2D eigenvalue weighted by atomic mass is 9.99. The predicted molar refractivity (Wildman–Crippen MR) is 51.4 cm³/mol. The highest BCUT2D eigenvalue weighted by molar-refractivity contribution is 5.02. The quantitative estimate of drug-likeness (QED) is 0.599. The molecular formula is C10H19N. The van der Waals surface area contributed by atoms with E-state index in [1.54, 1.807) is 0 Å². The summed E-state index contributed by atoms with van der Waals surface area (Å²) < 4.78 is 0. The van der Waals surface area contributed by atoms with Gasteiger partial charge in [-0.2, -0.15) is 0 Å². The molecule has 0 aliphatic heterocycles. The Bertz CT molecular complexity index is 147. The summed E-state index contributed by atoms with van der Waals surface area (Å²) in [7, 11) is 0. The van der Waals surface area contributed by atoms with Crippen molar-refractivity contribution in [1.29, 1.82) is 0 Å². The van der Waals surface area contributed by atoms with Gasteiger partial charge in [-0.3, -0.25) is 0 Å². The topological polar surface area (TPSA) is 12.0 Å². The SMILES string of the molecule is C=C(CC(C)C(=C)C)NCC. The van der Waals surface area contributed by atoms with Gasteiger partial charge in [-0.25, -0.2) is 0 Å². The van der Waals surface area contributed by atoms with E-state index in [2.05, 4.69) is 39.2 Å². The van der Waals surface area contributed by atoms with Crippen LogP contribution in [-0.4, -0.2) is 6.54 Å². The van der Waals surface area contributed by atoms with Gasteiger partial charge in [0.2, 0.25) is 0 Å². The molecule has 0 saturated heterocycles. The highest BCUT2D eigenvalue weighted by atomic mass is 14.9. The van der Waals surface area contributed by atoms with Crippen molar-refractivity contribution in [2.75, 3.05) is 6.54 Å². The van der Waals surface area contributed by atoms with Crippen LogP contribution in [0.2, 0.25) is 0 Å². The summed E-state index contributed by atoms with van der Waals surface area (Å²) in [5, 5.41) is 3.20. The molecule has 1 heteroatoms. The van der Waals surface area contributed by atoms with E-state index in [-0.39, 0.29) is 0 Å². The molecule has 64 valence electrons. The first-order valence-electron chi connectivity index (χ1n) is 4.15. The van der Waals surface area contributed by atoms with Crippen LogP contribution in [0.5, 0.6) is 0 Å². The lowest BCUT2D eigenvalue weighted by Crippen LogP contribution is -2.13. The Morgan fingerprint density at radius 3 is 2.36 bits per heavy atom. The Labute approximate surface area is 70.2 Å². The van der Waals surface area contributed by atoms with Crippen LogP contribution in [0, 0.1) is 5.92 Å². The Morgan fingerprint density at radius 1 is 1.45 bits per heavy atom. The fourth-order valence-corrected chi connectivity index (χ4v) is 0.866. The van der Waals surface area contributed by atoms with Gasteiger partial charge in [-0.1, -0.05) is 25.7 Å². The monoisotopic (exact) mass is 153 g/mol. The summed E-state index contributed by atoms with van der Waals surface area (Å²) in [6.45, 7) is 15.1. The minimum absolute atomic E-state index is 0.543. The van der Waals surface area contributed by atoms with Crippen LogP contribution < -0.4 is 5.32 Å². The Balaban J connectivity index is 3.66. The Morgan fingerprint density at radius 2 is 2.00 bits per heavy atom. The van der Waals surface area contributed by atoms with Crippen molar-refractivity contribution in [3.05, 3.63) is 24.4 Å². The van der Waals surface area contributed by atoms with Crippen molar-refractivity contribution in [3.8, 4) is 0 Å². The third-order valence-corrected chi connectivity index (χ3v) is 1.82. The van der Waals surface area contributed by atoms with Gasteiger partial charge in [0.05, 0.1) is 0 Å². The summed E-state index contributed by atoms with van der Waals surface area (Å²) >= 11 is 0. The molecule has 0 spiro atoms. The number of allylic oxidation sites excluding steroid dienone is 2. The zero-order valence-electron chi connectivity index (χ0n) is 7.91. The second kappa shape index (κ2) is 5.00. The number of rotatable bonds is 5. The van der Waals surface area contributed by atoms with Crippen molar-refractivity contribution >= 4 is 0 Å². The van der Waals surface area contributed by atoms with Crippen molar-refractivity contribution in [3.63, 3.8) is 0 Å². The molecule has 0 aromatic carbocycles. The van der Waals surface area contributed by atoms with Crippen LogP contribution in [0.1, 0.15) is 27.2 Å². The molecular weight excluding hydrogens is 134 g/mol. The molecule has 0 aromatic heterocycles. The summed E-state index contributed by atoms with van der Waals surface area (Å²) in [6, 6.07) is 0. The normalized spacial score (nSPS) is 12.3. The van der Waals surface area contributed by atoms with Crippen molar-refractivity contribution in [1.82, 2.24) is 5.32 Å². The van der Waals surface area contributed by atoms with E-state index in [1.165, 1.54) is 5.57 Å². The van der Waals surface area contributed by atoms with Crippen molar-refractivity contribution in [2.24, 2.45) is 5.92 Å². The summed E-state index contributed by atoms with van der Waals surface area (Å²) in [5.41, 5.74) is 2.34. The zero-order valence-corrected chi connectivity index (χ0v) is 7.91. The molecule has 11 heavy (non-hydrogen) atoms. The molecule has 0 rings (SSSR count). The Kier molecular flexibility index (Phi) is 4.67. The van der Waals surface area contributed by atoms with E-state index >= 15 is 0 Å². The van der Waals surface area contributed by atoms with Crippen molar-refractivity contribution in [2.45, 2.75) is 27.2 Å². The molecule has 0 aliphatic carbocycles. The average molecular weight is 153 g/mol. The van der Waals surface area contributed by atoms with Gasteiger partial charge < -0.3 is 5.32 Å². The first-order valence-corrected chi connectivity index (χ1v) is 4.15. The smallest absolute Gasteiger partial charge is 0.0115 e. The van der Waals surface area contributed by atoms with Crippen LogP contribution in [0.3, 0.4) is 0 Å². The second-order valence-corrected chi connectivity index (χ2v) is 3.09. The van der Waals surface area contributed by atoms with Crippen LogP contribution in [0.4, 0.5) is 0 Å². The van der Waals surface area contributed by atoms with Gasteiger partial charge in [0, 0.05) is 12.2 Å². The molecule has 1 nitrogen and oxygen atoms in total. The second-order valence-electron chi connectivity index (χ2n) is 3.09. The van der Waals surface area contributed by atoms with Crippen LogP contribution >= 0.6 is 0 Å². The summed E-state index contributed by atoms with van der Waals surface area (Å²) in [4.78, 5) is 0. The lowest BCUT2D eigenvalue weighted by molar-refractivity contribution is 0.635. The molecule has 0 amide bonds. The number of hydrogen-bond donors (Lipinski definition) is 1. The summed E-state index contributed by atoms with van der Waals surface area (Å²) in [6.07, 6.45) is 1.00. The maximum atomic E-state index is 3.91. The van der Waals surface area contributed by atoms with E-state index in [0.717, 1.165) is 18.7 Å². The zero-order chi connectivity index (χ0) is 8.85. The average Bonchev–Trinajstić information content (AvgIpc) is 1.87. The van der Waals surface area contributed by atoms with Gasteiger partial charge in [-0.15, -0.1) is 0 Å². The van der Waals surface area contributed by atoms with E-state index < -0.39 is 0 Å². The first-order chi connectivity index (χ1) is 5.07. The molecule has 1 unspecified atom stereocenters. The standard InChI is InChI=1S/C10H19N/c1-6-11-10(5)7-9(4)8(2)3/h9,11H,2,5-7H2,1,3-4H3. The highest BCUT2D eigenvalue weighted by Crippen LogP contribution is 2.14. The maximum Gasteiger partial charge on any atom is 0.0115 e. The molecule has 0 radical (unpaired) electrons. The third-order valence-electron chi connectivity index (χ3n) is 1.82. The highest BCUT2D eigenvalue weighted by Gasteiger charge is 2.03. The van der Waals surface area contributed by atoms with Crippen molar-refractivity contribution < 1.29 is 0 Å². The number of hydrogen-bond acceptors (Lipinski definition) is 1. The molecule has 0 bridgehead atoms. The Hall–Kier alpha value is -0.720. The minimum atomic E-state index is 0.543. The molecule has 0 heterocycles. The fraction of sp³-hybridized carbons (Fsp3) is 0.600. The van der Waals surface area contributed by atoms with Gasteiger partial charge in [0.25, 0.3) is 0 Å². The van der Waals surface area contributed by atoms with E-state index in [1.807, 2.05) is 0 Å². The van der Waals surface area contributed by atoms with Gasteiger partial charge in [-0.05, 0) is 26.2 Å². The minimum Gasteiger partial charge on any atom is -0.389 e. The third kappa shape index (κ3) is 4.65. The molecule has 0 saturated carbocycles. The molecule has 1 atom stereocenters. The van der Waals surface area contributed by atoms with Gasteiger partial charge >= 0.3 is 0 Å². The number of nitrogens with one attached hydrogen (secondary N) is 1. The fourth-order valence-electron chi connectivity index (χ4n) is 0.866. The summed E-state index contributed by atoms with van der Waals surface area (Å²) in [5.74, 6) is 0.543. The van der Waals surface area contributed by atoms with Crippen LogP contribution in [-0.2, 0) is 0 Å². The van der Waals surface area contributed by atoms with E-state index in [4.69, 9.17) is 0 Å². The molecule has 0 aromatic rings. The molecule has 0 aliphatic rings. The van der Waals surface area contributed by atoms with Crippen LogP contribution in [0.25, 0.3) is 0 Å². The van der Waals surface area contributed by atoms with E-state index in [0.29, 0.717) is 5.92 Å². The van der Waals surface area contributed by atoms with Crippen LogP contribution in [0.15, 0.2) is 24.4 Å². The van der Waals surface area contributed by atoms with Gasteiger partial charge in [0.1, 0.15) is 0 Å². The van der Waals surface area contributed by atoms with Gasteiger partial charge in [0.15, 0.2) is 0 Å². The maximum absolute atomic E-state index is 3.91. The molecule has 1 N–H and O–H groups in total. The largest absolute Gasteiger partial charge is 0.389 e.